The Bertz CT molecular complexity index is 150. The van der Waals surface area contributed by atoms with Gasteiger partial charge in [-0.15, -0.1) is 0 Å². The van der Waals surface area contributed by atoms with Crippen LogP contribution in [-0.2, 0) is 0 Å². The van der Waals surface area contributed by atoms with Crippen LogP contribution in [0.4, 0.5) is 0 Å². The van der Waals surface area contributed by atoms with Crippen LogP contribution in [0.2, 0.25) is 0 Å². The van der Waals surface area contributed by atoms with Crippen molar-refractivity contribution in [2.45, 2.75) is 52.4 Å². The molecule has 0 aromatic carbocycles. The van der Waals surface area contributed by atoms with Gasteiger partial charge in [0.05, 0.1) is 0 Å². The topological polar surface area (TPSA) is 0 Å². The van der Waals surface area contributed by atoms with Gasteiger partial charge in [0.15, 0.2) is 0 Å². The maximum Gasteiger partial charge on any atom is -0.000310 e. The lowest BCUT2D eigenvalue weighted by atomic mass is 9.87. The molecule has 0 spiro atoms. The summed E-state index contributed by atoms with van der Waals surface area (Å²) in [7, 11) is 0. The van der Waals surface area contributed by atoms with Gasteiger partial charge in [-0.25, -0.2) is 0 Å². The number of hydrogen-bond donors (Lipinski definition) is 1. The van der Waals surface area contributed by atoms with E-state index in [1.54, 1.807) is 0 Å². The van der Waals surface area contributed by atoms with E-state index in [1.165, 1.54) is 50.0 Å². The fourth-order valence-electron chi connectivity index (χ4n) is 2.34. The minimum Gasteiger partial charge on any atom is -0.179 e. The van der Waals surface area contributed by atoms with Gasteiger partial charge in [-0.05, 0) is 54.3 Å². The largest absolute Gasteiger partial charge is 0.179 e. The van der Waals surface area contributed by atoms with Gasteiger partial charge in [0, 0.05) is 0 Å². The van der Waals surface area contributed by atoms with E-state index in [0.717, 1.165) is 11.7 Å². The van der Waals surface area contributed by atoms with E-state index >= 15 is 0 Å². The van der Waals surface area contributed by atoms with Gasteiger partial charge in [0.1, 0.15) is 0 Å². The molecule has 0 unspecified atom stereocenters. The second-order valence-electron chi connectivity index (χ2n) is 5.03. The Kier molecular flexibility index (Phi) is 6.52. The van der Waals surface area contributed by atoms with Crippen LogP contribution in [0.1, 0.15) is 52.4 Å². The number of thioether (sulfide) groups is 1. The van der Waals surface area contributed by atoms with Crippen molar-refractivity contribution in [1.29, 1.82) is 0 Å². The highest BCUT2D eigenvalue weighted by molar-refractivity contribution is 7.99. The maximum absolute atomic E-state index is 4.53. The van der Waals surface area contributed by atoms with Crippen LogP contribution in [-0.4, -0.2) is 17.3 Å². The summed E-state index contributed by atoms with van der Waals surface area (Å²) >= 11 is 6.71. The molecule has 0 N–H and O–H groups in total. The Labute approximate surface area is 105 Å². The zero-order valence-corrected chi connectivity index (χ0v) is 12.0. The summed E-state index contributed by atoms with van der Waals surface area (Å²) in [5, 5.41) is 0. The van der Waals surface area contributed by atoms with Crippen molar-refractivity contribution in [3.8, 4) is 0 Å². The third-order valence-electron chi connectivity index (χ3n) is 4.07. The third kappa shape index (κ3) is 4.22. The molecule has 0 radical (unpaired) electrons. The lowest BCUT2D eigenvalue weighted by molar-refractivity contribution is 0.357. The zero-order valence-electron chi connectivity index (χ0n) is 10.3. The van der Waals surface area contributed by atoms with Crippen molar-refractivity contribution >= 4 is 24.4 Å². The molecule has 0 amide bonds. The van der Waals surface area contributed by atoms with E-state index in [9.17, 15) is 0 Å². The minimum absolute atomic E-state index is 0.506. The van der Waals surface area contributed by atoms with Crippen LogP contribution in [0.5, 0.6) is 0 Å². The van der Waals surface area contributed by atoms with Crippen LogP contribution in [0, 0.1) is 11.3 Å². The monoisotopic (exact) mass is 246 g/mol. The SMILES string of the molecule is CCC(CC)(CS)CSCC1CCCC1. The predicted octanol–water partition coefficient (Wildman–Crippen LogP) is 4.65. The van der Waals surface area contributed by atoms with Crippen molar-refractivity contribution in [3.05, 3.63) is 0 Å². The summed E-state index contributed by atoms with van der Waals surface area (Å²) < 4.78 is 0. The Hall–Kier alpha value is 0.700. The lowest BCUT2D eigenvalue weighted by Gasteiger charge is -2.29. The Morgan fingerprint density at radius 2 is 1.80 bits per heavy atom. The van der Waals surface area contributed by atoms with Crippen molar-refractivity contribution in [2.24, 2.45) is 11.3 Å². The summed E-state index contributed by atoms with van der Waals surface area (Å²) in [6.45, 7) is 4.63. The van der Waals surface area contributed by atoms with Gasteiger partial charge in [-0.1, -0.05) is 26.7 Å². The molecule has 90 valence electrons. The standard InChI is InChI=1S/C13H26S2/c1-3-13(4-2,10-14)11-15-9-12-7-5-6-8-12/h12,14H,3-11H2,1-2H3. The Morgan fingerprint density at radius 1 is 1.20 bits per heavy atom. The van der Waals surface area contributed by atoms with Crippen LogP contribution < -0.4 is 0 Å². The van der Waals surface area contributed by atoms with Crippen LogP contribution >= 0.6 is 24.4 Å². The molecule has 0 heterocycles. The first-order valence-electron chi connectivity index (χ1n) is 6.45. The maximum atomic E-state index is 4.53. The van der Waals surface area contributed by atoms with Crippen LogP contribution in [0.3, 0.4) is 0 Å². The van der Waals surface area contributed by atoms with Gasteiger partial charge >= 0.3 is 0 Å². The summed E-state index contributed by atoms with van der Waals surface area (Å²) in [6.07, 6.45) is 8.49. The molecule has 0 nitrogen and oxygen atoms in total. The second kappa shape index (κ2) is 7.11. The number of rotatable bonds is 7. The normalized spacial score (nSPS) is 18.6. The minimum atomic E-state index is 0.506. The van der Waals surface area contributed by atoms with Gasteiger partial charge in [0.2, 0.25) is 0 Å². The molecule has 1 aliphatic rings. The fourth-order valence-corrected chi connectivity index (χ4v) is 4.78. The van der Waals surface area contributed by atoms with E-state index < -0.39 is 0 Å². The molecular weight excluding hydrogens is 220 g/mol. The third-order valence-corrected chi connectivity index (χ3v) is 6.27. The molecule has 2 heteroatoms. The first-order valence-corrected chi connectivity index (χ1v) is 8.23. The van der Waals surface area contributed by atoms with Gasteiger partial charge in [-0.3, -0.25) is 0 Å². The lowest BCUT2D eigenvalue weighted by Crippen LogP contribution is -2.24. The Balaban J connectivity index is 2.21. The fraction of sp³-hybridized carbons (Fsp3) is 1.00. The first kappa shape index (κ1) is 13.8. The average Bonchev–Trinajstić information content (AvgIpc) is 2.78. The molecule has 0 aliphatic heterocycles. The number of hydrogen-bond acceptors (Lipinski definition) is 2. The molecular formula is C13H26S2. The van der Waals surface area contributed by atoms with Gasteiger partial charge < -0.3 is 0 Å². The summed E-state index contributed by atoms with van der Waals surface area (Å²) in [5.74, 6) is 4.80. The molecule has 0 aromatic rings. The van der Waals surface area contributed by atoms with Crippen LogP contribution in [0.25, 0.3) is 0 Å². The van der Waals surface area contributed by atoms with E-state index in [2.05, 4.69) is 38.2 Å². The second-order valence-corrected chi connectivity index (χ2v) is 6.38. The molecule has 15 heavy (non-hydrogen) atoms. The highest BCUT2D eigenvalue weighted by Gasteiger charge is 2.25. The van der Waals surface area contributed by atoms with Crippen molar-refractivity contribution in [2.75, 3.05) is 17.3 Å². The molecule has 0 bridgehead atoms. The van der Waals surface area contributed by atoms with E-state index in [4.69, 9.17) is 0 Å². The Morgan fingerprint density at radius 3 is 2.27 bits per heavy atom. The van der Waals surface area contributed by atoms with Gasteiger partial charge in [0.25, 0.3) is 0 Å². The molecule has 1 saturated carbocycles. The summed E-state index contributed by atoms with van der Waals surface area (Å²) in [4.78, 5) is 0. The smallest absolute Gasteiger partial charge is 0.000310 e. The predicted molar refractivity (Wildman–Crippen MR) is 76.2 cm³/mol. The first-order chi connectivity index (χ1) is 7.26. The van der Waals surface area contributed by atoms with E-state index in [-0.39, 0.29) is 0 Å². The highest BCUT2D eigenvalue weighted by Crippen LogP contribution is 2.35. The van der Waals surface area contributed by atoms with Crippen molar-refractivity contribution < 1.29 is 0 Å². The zero-order chi connectivity index (χ0) is 11.1. The van der Waals surface area contributed by atoms with Gasteiger partial charge in [-0.2, -0.15) is 24.4 Å². The van der Waals surface area contributed by atoms with Crippen molar-refractivity contribution in [1.82, 2.24) is 0 Å². The molecule has 0 aromatic heterocycles. The highest BCUT2D eigenvalue weighted by atomic mass is 32.2. The molecule has 1 aliphatic carbocycles. The molecule has 1 rings (SSSR count). The number of thiol groups is 1. The molecule has 1 fully saturated rings. The van der Waals surface area contributed by atoms with Crippen molar-refractivity contribution in [3.63, 3.8) is 0 Å². The quantitative estimate of drug-likeness (QED) is 0.638. The summed E-state index contributed by atoms with van der Waals surface area (Å²) in [5.41, 5.74) is 0.506. The average molecular weight is 246 g/mol. The van der Waals surface area contributed by atoms with E-state index in [0.29, 0.717) is 5.41 Å². The van der Waals surface area contributed by atoms with E-state index in [1.807, 2.05) is 0 Å². The van der Waals surface area contributed by atoms with Crippen LogP contribution in [0.15, 0.2) is 0 Å². The summed E-state index contributed by atoms with van der Waals surface area (Å²) in [6, 6.07) is 0. The molecule has 0 atom stereocenters. The molecule has 0 saturated heterocycles.